The smallest absolute Gasteiger partial charge is 0.408 e. The van der Waals surface area contributed by atoms with E-state index in [4.69, 9.17) is 9.84 Å². The van der Waals surface area contributed by atoms with Gasteiger partial charge in [-0.05, 0) is 33.6 Å². The third-order valence-corrected chi connectivity index (χ3v) is 2.67. The van der Waals surface area contributed by atoms with E-state index in [1.54, 1.807) is 20.8 Å². The lowest BCUT2D eigenvalue weighted by Crippen LogP contribution is -2.49. The maximum Gasteiger partial charge on any atom is 0.408 e. The third-order valence-electron chi connectivity index (χ3n) is 2.31. The molecule has 0 bridgehead atoms. The average Bonchev–Trinajstić information content (AvgIpc) is 2.32. The van der Waals surface area contributed by atoms with Crippen LogP contribution in [0, 0.1) is 0 Å². The second kappa shape index (κ2) is 9.49. The molecule has 0 rings (SSSR count). The molecule has 0 aliphatic heterocycles. The van der Waals surface area contributed by atoms with E-state index < -0.39 is 23.7 Å². The van der Waals surface area contributed by atoms with Crippen LogP contribution in [0.4, 0.5) is 4.79 Å². The molecule has 21 heavy (non-hydrogen) atoms. The van der Waals surface area contributed by atoms with E-state index in [-0.39, 0.29) is 18.1 Å². The van der Waals surface area contributed by atoms with Gasteiger partial charge in [-0.25, -0.2) is 4.79 Å². The number of carboxylic acids is 1. The van der Waals surface area contributed by atoms with Gasteiger partial charge < -0.3 is 20.5 Å². The molecule has 0 saturated heterocycles. The molecule has 0 spiro atoms. The fourth-order valence-corrected chi connectivity index (χ4v) is 1.64. The maximum atomic E-state index is 11.8. The fourth-order valence-electron chi connectivity index (χ4n) is 1.38. The number of unbranched alkanes of at least 4 members (excludes halogenated alkanes) is 1. The average molecular weight is 320 g/mol. The van der Waals surface area contributed by atoms with E-state index in [0.29, 0.717) is 19.4 Å². The van der Waals surface area contributed by atoms with Crippen LogP contribution in [-0.2, 0) is 14.3 Å². The summed E-state index contributed by atoms with van der Waals surface area (Å²) in [5, 5.41) is 13.5. The van der Waals surface area contributed by atoms with Crippen molar-refractivity contribution in [1.82, 2.24) is 10.6 Å². The first kappa shape index (κ1) is 19.6. The molecule has 0 radical (unpaired) electrons. The number of amides is 2. The standard InChI is InChI=1S/C13H24N2O5S/c1-13(2,3)20-12(19)15-9(8-21)11(18)14-7-5-4-6-10(16)17/h9,21H,4-8H2,1-3H3,(H,14,18)(H,15,19)(H,16,17). The molecule has 7 nitrogen and oxygen atoms in total. The topological polar surface area (TPSA) is 105 Å². The Bertz CT molecular complexity index is 368. The number of alkyl carbamates (subject to hydrolysis) is 1. The van der Waals surface area contributed by atoms with E-state index in [2.05, 4.69) is 23.3 Å². The summed E-state index contributed by atoms with van der Waals surface area (Å²) in [6.07, 6.45) is 0.439. The number of nitrogens with one attached hydrogen (secondary N) is 2. The summed E-state index contributed by atoms with van der Waals surface area (Å²) in [5.41, 5.74) is -0.640. The van der Waals surface area contributed by atoms with Crippen LogP contribution < -0.4 is 10.6 Å². The summed E-state index contributed by atoms with van der Waals surface area (Å²) >= 11 is 4.02. The zero-order valence-electron chi connectivity index (χ0n) is 12.6. The normalized spacial score (nSPS) is 12.4. The summed E-state index contributed by atoms with van der Waals surface area (Å²) in [5.74, 6) is -1.09. The lowest BCUT2D eigenvalue weighted by molar-refractivity contribution is -0.137. The third kappa shape index (κ3) is 10.9. The second-order valence-electron chi connectivity index (χ2n) is 5.52. The van der Waals surface area contributed by atoms with Crippen molar-refractivity contribution < 1.29 is 24.2 Å². The molecule has 0 aliphatic carbocycles. The number of rotatable bonds is 8. The summed E-state index contributed by atoms with van der Waals surface area (Å²) in [7, 11) is 0. The van der Waals surface area contributed by atoms with Crippen LogP contribution in [0.3, 0.4) is 0 Å². The quantitative estimate of drug-likeness (QED) is 0.397. The Balaban J connectivity index is 4.07. The Kier molecular flexibility index (Phi) is 8.84. The summed E-state index contributed by atoms with van der Waals surface area (Å²) < 4.78 is 5.06. The number of carbonyl (C=O) groups excluding carboxylic acids is 2. The predicted molar refractivity (Wildman–Crippen MR) is 81.5 cm³/mol. The minimum atomic E-state index is -0.860. The Morgan fingerprint density at radius 2 is 1.86 bits per heavy atom. The molecule has 0 aromatic heterocycles. The highest BCUT2D eigenvalue weighted by Gasteiger charge is 2.22. The van der Waals surface area contributed by atoms with Gasteiger partial charge in [0.05, 0.1) is 0 Å². The molecule has 0 aromatic carbocycles. The number of hydrogen-bond donors (Lipinski definition) is 4. The predicted octanol–water partition coefficient (Wildman–Crippen LogP) is 1.18. The van der Waals surface area contributed by atoms with Gasteiger partial charge >= 0.3 is 12.1 Å². The van der Waals surface area contributed by atoms with E-state index in [0.717, 1.165) is 0 Å². The fraction of sp³-hybridized carbons (Fsp3) is 0.769. The van der Waals surface area contributed by atoms with E-state index >= 15 is 0 Å². The van der Waals surface area contributed by atoms with Gasteiger partial charge in [-0.15, -0.1) is 0 Å². The molecule has 122 valence electrons. The molecule has 3 N–H and O–H groups in total. The van der Waals surface area contributed by atoms with Crippen molar-refractivity contribution in [3.63, 3.8) is 0 Å². The van der Waals surface area contributed by atoms with Crippen molar-refractivity contribution in [2.45, 2.75) is 51.7 Å². The van der Waals surface area contributed by atoms with Crippen LogP contribution in [0.1, 0.15) is 40.0 Å². The number of thiol groups is 1. The summed E-state index contributed by atoms with van der Waals surface area (Å²) in [6.45, 7) is 5.53. The van der Waals surface area contributed by atoms with Gasteiger partial charge in [0.1, 0.15) is 11.6 Å². The summed E-state index contributed by atoms with van der Waals surface area (Å²) in [6, 6.07) is -0.789. The van der Waals surface area contributed by atoms with Crippen LogP contribution in [0.5, 0.6) is 0 Å². The lowest BCUT2D eigenvalue weighted by Gasteiger charge is -2.22. The van der Waals surface area contributed by atoms with E-state index in [1.165, 1.54) is 0 Å². The Morgan fingerprint density at radius 3 is 2.33 bits per heavy atom. The highest BCUT2D eigenvalue weighted by Crippen LogP contribution is 2.07. The molecule has 1 unspecified atom stereocenters. The first-order valence-electron chi connectivity index (χ1n) is 6.75. The largest absolute Gasteiger partial charge is 0.481 e. The molecule has 0 aliphatic rings. The molecule has 0 saturated carbocycles. The van der Waals surface area contributed by atoms with E-state index in [9.17, 15) is 14.4 Å². The Morgan fingerprint density at radius 1 is 1.24 bits per heavy atom. The van der Waals surface area contributed by atoms with Gasteiger partial charge in [0.25, 0.3) is 0 Å². The van der Waals surface area contributed by atoms with Gasteiger partial charge in [0, 0.05) is 18.7 Å². The number of hydrogen-bond acceptors (Lipinski definition) is 5. The first-order chi connectivity index (χ1) is 9.65. The molecular weight excluding hydrogens is 296 g/mol. The van der Waals surface area contributed by atoms with Gasteiger partial charge in [-0.1, -0.05) is 0 Å². The molecule has 2 amide bonds. The highest BCUT2D eigenvalue weighted by molar-refractivity contribution is 7.80. The zero-order valence-corrected chi connectivity index (χ0v) is 13.5. The van der Waals surface area contributed by atoms with Crippen molar-refractivity contribution >= 4 is 30.6 Å². The number of carboxylic acid groups (broad SMARTS) is 1. The van der Waals surface area contributed by atoms with Gasteiger partial charge in [-0.2, -0.15) is 12.6 Å². The van der Waals surface area contributed by atoms with Crippen molar-refractivity contribution in [3.8, 4) is 0 Å². The van der Waals surface area contributed by atoms with Crippen molar-refractivity contribution in [2.24, 2.45) is 0 Å². The maximum absolute atomic E-state index is 11.8. The molecular formula is C13H24N2O5S. The van der Waals surface area contributed by atoms with Crippen LogP contribution in [0.2, 0.25) is 0 Å². The molecule has 0 heterocycles. The highest BCUT2D eigenvalue weighted by atomic mass is 32.1. The number of aliphatic carboxylic acids is 1. The number of carbonyl (C=O) groups is 3. The molecule has 0 aromatic rings. The second-order valence-corrected chi connectivity index (χ2v) is 5.89. The van der Waals surface area contributed by atoms with Crippen LogP contribution >= 0.6 is 12.6 Å². The minimum absolute atomic E-state index is 0.0715. The minimum Gasteiger partial charge on any atom is -0.481 e. The summed E-state index contributed by atoms with van der Waals surface area (Å²) in [4.78, 5) is 33.7. The molecule has 0 fully saturated rings. The lowest BCUT2D eigenvalue weighted by atomic mass is 10.2. The van der Waals surface area contributed by atoms with Crippen molar-refractivity contribution in [3.05, 3.63) is 0 Å². The first-order valence-corrected chi connectivity index (χ1v) is 7.39. The monoisotopic (exact) mass is 320 g/mol. The number of ether oxygens (including phenoxy) is 1. The van der Waals surface area contributed by atoms with Crippen LogP contribution in [-0.4, -0.2) is 47.0 Å². The molecule has 1 atom stereocenters. The van der Waals surface area contributed by atoms with Gasteiger partial charge in [0.15, 0.2) is 0 Å². The SMILES string of the molecule is CC(C)(C)OC(=O)NC(CS)C(=O)NCCCCC(=O)O. The van der Waals surface area contributed by atoms with Gasteiger partial charge in [0.2, 0.25) is 5.91 Å². The molecule has 8 heteroatoms. The van der Waals surface area contributed by atoms with Crippen molar-refractivity contribution in [2.75, 3.05) is 12.3 Å². The Labute approximate surface area is 130 Å². The van der Waals surface area contributed by atoms with Crippen LogP contribution in [0.15, 0.2) is 0 Å². The van der Waals surface area contributed by atoms with E-state index in [1.807, 2.05) is 0 Å². The van der Waals surface area contributed by atoms with Crippen molar-refractivity contribution in [1.29, 1.82) is 0 Å². The van der Waals surface area contributed by atoms with Gasteiger partial charge in [-0.3, -0.25) is 9.59 Å². The zero-order chi connectivity index (χ0) is 16.5. The van der Waals surface area contributed by atoms with Crippen LogP contribution in [0.25, 0.3) is 0 Å². The Hall–Kier alpha value is -1.44.